The van der Waals surface area contributed by atoms with Gasteiger partial charge in [-0.2, -0.15) is 14.9 Å². The molecule has 27 heavy (non-hydrogen) atoms. The van der Waals surface area contributed by atoms with Gasteiger partial charge in [-0.25, -0.2) is 4.98 Å². The molecular weight excluding hydrogens is 338 g/mol. The maximum Gasteiger partial charge on any atom is 0.229 e. The molecule has 2 aromatic carbocycles. The third kappa shape index (κ3) is 3.09. The largest absolute Gasteiger partial charge is 0.324 e. The number of rotatable bonds is 3. The molecule has 0 unspecified atom stereocenters. The molecule has 0 aliphatic carbocycles. The summed E-state index contributed by atoms with van der Waals surface area (Å²) in [6, 6.07) is 13.5. The first-order valence-electron chi connectivity index (χ1n) is 8.49. The molecule has 0 fully saturated rings. The van der Waals surface area contributed by atoms with Gasteiger partial charge in [0.15, 0.2) is 11.2 Å². The highest BCUT2D eigenvalue weighted by molar-refractivity contribution is 5.73. The molecule has 0 saturated carbocycles. The van der Waals surface area contributed by atoms with Crippen molar-refractivity contribution >= 4 is 22.8 Å². The van der Waals surface area contributed by atoms with E-state index in [9.17, 15) is 0 Å². The standard InChI is InChI=1S/C20H17N7/c1-12-8-13(2)18(14(3)9-12)27-19-17(25-26-27)11-22-20(24-19)23-16-6-4-15(10-21)5-7-16/h4-9,11H,1-3H3,(H,22,23,24). The Morgan fingerprint density at radius 3 is 2.41 bits per heavy atom. The van der Waals surface area contributed by atoms with Gasteiger partial charge in [-0.05, 0) is 56.2 Å². The van der Waals surface area contributed by atoms with E-state index in [4.69, 9.17) is 5.26 Å². The highest BCUT2D eigenvalue weighted by atomic mass is 15.4. The molecule has 2 heterocycles. The Bertz CT molecular complexity index is 1160. The molecule has 4 aromatic rings. The Morgan fingerprint density at radius 1 is 1.04 bits per heavy atom. The van der Waals surface area contributed by atoms with E-state index in [0.717, 1.165) is 22.5 Å². The van der Waals surface area contributed by atoms with Crippen LogP contribution in [0.2, 0.25) is 0 Å². The van der Waals surface area contributed by atoms with Gasteiger partial charge in [0.05, 0.1) is 23.5 Å². The van der Waals surface area contributed by atoms with E-state index < -0.39 is 0 Å². The molecule has 0 aliphatic heterocycles. The highest BCUT2D eigenvalue weighted by Gasteiger charge is 2.14. The van der Waals surface area contributed by atoms with Gasteiger partial charge >= 0.3 is 0 Å². The Hall–Kier alpha value is -3.79. The molecule has 0 amide bonds. The van der Waals surface area contributed by atoms with Gasteiger partial charge < -0.3 is 5.32 Å². The van der Waals surface area contributed by atoms with Crippen LogP contribution in [0.3, 0.4) is 0 Å². The second kappa shape index (κ2) is 6.50. The van der Waals surface area contributed by atoms with Gasteiger partial charge in [0, 0.05) is 5.69 Å². The number of benzene rings is 2. The van der Waals surface area contributed by atoms with Crippen molar-refractivity contribution in [2.45, 2.75) is 20.8 Å². The summed E-state index contributed by atoms with van der Waals surface area (Å²) in [4.78, 5) is 8.91. The van der Waals surface area contributed by atoms with E-state index in [1.165, 1.54) is 5.56 Å². The summed E-state index contributed by atoms with van der Waals surface area (Å²) in [5.41, 5.74) is 7.07. The Balaban J connectivity index is 1.76. The van der Waals surface area contributed by atoms with E-state index in [1.807, 2.05) is 12.1 Å². The Morgan fingerprint density at radius 2 is 1.74 bits per heavy atom. The van der Waals surface area contributed by atoms with Crippen LogP contribution in [0.1, 0.15) is 22.3 Å². The number of nitrogens with zero attached hydrogens (tertiary/aromatic N) is 6. The minimum absolute atomic E-state index is 0.443. The van der Waals surface area contributed by atoms with Gasteiger partial charge in [0.25, 0.3) is 0 Å². The first-order valence-corrected chi connectivity index (χ1v) is 8.49. The molecule has 7 heteroatoms. The average Bonchev–Trinajstić information content (AvgIpc) is 3.05. The molecule has 0 saturated heterocycles. The first kappa shape index (κ1) is 16.7. The third-order valence-electron chi connectivity index (χ3n) is 4.31. The van der Waals surface area contributed by atoms with E-state index in [2.05, 4.69) is 64.6 Å². The minimum atomic E-state index is 0.443. The summed E-state index contributed by atoms with van der Waals surface area (Å²) in [5.74, 6) is 0.443. The van der Waals surface area contributed by atoms with Crippen LogP contribution in [-0.4, -0.2) is 25.0 Å². The number of hydrogen-bond donors (Lipinski definition) is 1. The molecule has 0 aliphatic rings. The summed E-state index contributed by atoms with van der Waals surface area (Å²) in [5, 5.41) is 20.5. The summed E-state index contributed by atoms with van der Waals surface area (Å²) < 4.78 is 1.76. The van der Waals surface area contributed by atoms with Crippen molar-refractivity contribution in [2.24, 2.45) is 0 Å². The third-order valence-corrected chi connectivity index (χ3v) is 4.31. The fourth-order valence-corrected chi connectivity index (χ4v) is 3.20. The van der Waals surface area contributed by atoms with E-state index in [1.54, 1.807) is 23.0 Å². The Kier molecular flexibility index (Phi) is 4.01. The quantitative estimate of drug-likeness (QED) is 0.602. The maximum absolute atomic E-state index is 8.90. The Labute approximate surface area is 156 Å². The van der Waals surface area contributed by atoms with Gasteiger partial charge in [-0.15, -0.1) is 5.10 Å². The summed E-state index contributed by atoms with van der Waals surface area (Å²) in [6.07, 6.45) is 1.65. The zero-order chi connectivity index (χ0) is 19.0. The first-order chi connectivity index (χ1) is 13.0. The lowest BCUT2D eigenvalue weighted by Gasteiger charge is -2.11. The predicted molar refractivity (Wildman–Crippen MR) is 103 cm³/mol. The number of aromatic nitrogens is 5. The molecule has 4 rings (SSSR count). The predicted octanol–water partition coefficient (Wildman–Crippen LogP) is 3.75. The molecule has 132 valence electrons. The van der Waals surface area contributed by atoms with Crippen LogP contribution < -0.4 is 5.32 Å². The van der Waals surface area contributed by atoms with Gasteiger partial charge in [0.1, 0.15) is 0 Å². The molecular formula is C20H17N7. The fraction of sp³-hybridized carbons (Fsp3) is 0.150. The van der Waals surface area contributed by atoms with Crippen LogP contribution in [-0.2, 0) is 0 Å². The van der Waals surface area contributed by atoms with Crippen LogP contribution >= 0.6 is 0 Å². The number of anilines is 2. The second-order valence-electron chi connectivity index (χ2n) is 6.47. The van der Waals surface area contributed by atoms with Crippen LogP contribution in [0.25, 0.3) is 16.9 Å². The fourth-order valence-electron chi connectivity index (χ4n) is 3.20. The normalized spacial score (nSPS) is 10.7. The van der Waals surface area contributed by atoms with E-state index >= 15 is 0 Å². The van der Waals surface area contributed by atoms with E-state index in [-0.39, 0.29) is 0 Å². The second-order valence-corrected chi connectivity index (χ2v) is 6.47. The lowest BCUT2D eigenvalue weighted by Crippen LogP contribution is -2.05. The van der Waals surface area contributed by atoms with Crippen molar-refractivity contribution in [3.05, 3.63) is 64.8 Å². The van der Waals surface area contributed by atoms with Crippen molar-refractivity contribution in [1.29, 1.82) is 5.26 Å². The zero-order valence-corrected chi connectivity index (χ0v) is 15.2. The molecule has 7 nitrogen and oxygen atoms in total. The van der Waals surface area contributed by atoms with Crippen molar-refractivity contribution in [2.75, 3.05) is 5.32 Å². The lowest BCUT2D eigenvalue weighted by atomic mass is 10.1. The van der Waals surface area contributed by atoms with Crippen molar-refractivity contribution in [3.63, 3.8) is 0 Å². The van der Waals surface area contributed by atoms with Crippen LogP contribution in [0, 0.1) is 32.1 Å². The molecule has 1 N–H and O–H groups in total. The molecule has 2 aromatic heterocycles. The highest BCUT2D eigenvalue weighted by Crippen LogP contribution is 2.24. The molecule has 0 spiro atoms. The van der Waals surface area contributed by atoms with Crippen LogP contribution in [0.15, 0.2) is 42.6 Å². The summed E-state index contributed by atoms with van der Waals surface area (Å²) >= 11 is 0. The van der Waals surface area contributed by atoms with Crippen LogP contribution in [0.4, 0.5) is 11.6 Å². The van der Waals surface area contributed by atoms with E-state index in [0.29, 0.717) is 22.7 Å². The average molecular weight is 355 g/mol. The zero-order valence-electron chi connectivity index (χ0n) is 15.2. The topological polar surface area (TPSA) is 92.3 Å². The van der Waals surface area contributed by atoms with Gasteiger partial charge in [-0.3, -0.25) is 0 Å². The van der Waals surface area contributed by atoms with Crippen molar-refractivity contribution < 1.29 is 0 Å². The summed E-state index contributed by atoms with van der Waals surface area (Å²) in [7, 11) is 0. The van der Waals surface area contributed by atoms with Gasteiger partial charge in [-0.1, -0.05) is 22.9 Å². The van der Waals surface area contributed by atoms with Crippen LogP contribution in [0.5, 0.6) is 0 Å². The molecule has 0 radical (unpaired) electrons. The lowest BCUT2D eigenvalue weighted by molar-refractivity contribution is 0.807. The number of fused-ring (bicyclic) bond motifs is 1. The van der Waals surface area contributed by atoms with Crippen molar-refractivity contribution in [1.82, 2.24) is 25.0 Å². The number of nitriles is 1. The SMILES string of the molecule is Cc1cc(C)c(-n2nnc3cnc(Nc4ccc(C#N)cc4)nc32)c(C)c1. The number of hydrogen-bond acceptors (Lipinski definition) is 6. The maximum atomic E-state index is 8.90. The summed E-state index contributed by atoms with van der Waals surface area (Å²) in [6.45, 7) is 6.19. The number of aryl methyl sites for hydroxylation is 3. The molecule has 0 bridgehead atoms. The minimum Gasteiger partial charge on any atom is -0.324 e. The van der Waals surface area contributed by atoms with Gasteiger partial charge in [0.2, 0.25) is 5.95 Å². The van der Waals surface area contributed by atoms with Crippen molar-refractivity contribution in [3.8, 4) is 11.8 Å². The smallest absolute Gasteiger partial charge is 0.229 e. The monoisotopic (exact) mass is 355 g/mol. The number of nitrogens with one attached hydrogen (secondary N) is 1. The molecule has 0 atom stereocenters.